The van der Waals surface area contributed by atoms with Crippen LogP contribution in [-0.2, 0) is 16.8 Å². The first-order chi connectivity index (χ1) is 11.0. The van der Waals surface area contributed by atoms with Crippen LogP contribution in [0.3, 0.4) is 0 Å². The van der Waals surface area contributed by atoms with E-state index in [1.807, 2.05) is 50.2 Å². The zero-order chi connectivity index (χ0) is 16.4. The highest BCUT2D eigenvalue weighted by atomic mass is 35.5. The Morgan fingerprint density at radius 2 is 1.96 bits per heavy atom. The lowest BCUT2D eigenvalue weighted by atomic mass is 9.83. The lowest BCUT2D eigenvalue weighted by Gasteiger charge is -2.24. The molecule has 0 fully saturated rings. The van der Waals surface area contributed by atoms with Crippen molar-refractivity contribution in [2.24, 2.45) is 0 Å². The molecule has 0 aromatic heterocycles. The molecule has 0 radical (unpaired) electrons. The largest absolute Gasteiger partial charge is 0.454 e. The van der Waals surface area contributed by atoms with E-state index in [9.17, 15) is 4.79 Å². The maximum atomic E-state index is 12.6. The van der Waals surface area contributed by atoms with Crippen LogP contribution in [0.2, 0.25) is 5.02 Å². The van der Waals surface area contributed by atoms with Gasteiger partial charge in [0.15, 0.2) is 11.5 Å². The number of hydrogen-bond donors (Lipinski definition) is 1. The average Bonchev–Trinajstić information content (AvgIpc) is 3.00. The lowest BCUT2D eigenvalue weighted by Crippen LogP contribution is -2.39. The first kappa shape index (κ1) is 15.7. The van der Waals surface area contributed by atoms with Gasteiger partial charge in [-0.15, -0.1) is 0 Å². The summed E-state index contributed by atoms with van der Waals surface area (Å²) in [7, 11) is 0. The van der Waals surface area contributed by atoms with Crippen molar-refractivity contribution in [3.63, 3.8) is 0 Å². The molecule has 1 amide bonds. The first-order valence-electron chi connectivity index (χ1n) is 7.40. The normalized spacial score (nSPS) is 13.0. The van der Waals surface area contributed by atoms with Crippen molar-refractivity contribution in [2.45, 2.75) is 25.8 Å². The molecule has 2 aromatic carbocycles. The number of nitrogens with one attached hydrogen (secondary N) is 1. The summed E-state index contributed by atoms with van der Waals surface area (Å²) in [4.78, 5) is 12.6. The predicted octanol–water partition coefficient (Wildman–Crippen LogP) is 3.66. The molecule has 2 aromatic rings. The molecule has 120 valence electrons. The third kappa shape index (κ3) is 3.27. The number of ether oxygens (including phenoxy) is 2. The van der Waals surface area contributed by atoms with E-state index < -0.39 is 5.41 Å². The van der Waals surface area contributed by atoms with Crippen LogP contribution in [0.4, 0.5) is 0 Å². The molecule has 0 saturated heterocycles. The molecule has 5 heteroatoms. The highest BCUT2D eigenvalue weighted by Gasteiger charge is 2.29. The van der Waals surface area contributed by atoms with Crippen LogP contribution in [0.15, 0.2) is 42.5 Å². The number of halogens is 1. The molecular weight excluding hydrogens is 314 g/mol. The zero-order valence-corrected chi connectivity index (χ0v) is 13.8. The third-order valence-corrected chi connectivity index (χ3v) is 4.24. The molecule has 0 atom stereocenters. The summed E-state index contributed by atoms with van der Waals surface area (Å²) < 4.78 is 10.6. The van der Waals surface area contributed by atoms with Gasteiger partial charge in [0.05, 0.1) is 5.41 Å². The van der Waals surface area contributed by atoms with E-state index in [1.54, 1.807) is 6.07 Å². The monoisotopic (exact) mass is 331 g/mol. The minimum Gasteiger partial charge on any atom is -0.454 e. The summed E-state index contributed by atoms with van der Waals surface area (Å²) in [6, 6.07) is 13.0. The van der Waals surface area contributed by atoms with Crippen molar-refractivity contribution >= 4 is 17.5 Å². The Morgan fingerprint density at radius 1 is 1.17 bits per heavy atom. The average molecular weight is 332 g/mol. The Morgan fingerprint density at radius 3 is 2.74 bits per heavy atom. The highest BCUT2D eigenvalue weighted by molar-refractivity contribution is 6.30. The van der Waals surface area contributed by atoms with Crippen molar-refractivity contribution in [3.05, 3.63) is 58.6 Å². The van der Waals surface area contributed by atoms with Gasteiger partial charge in [0, 0.05) is 11.6 Å². The summed E-state index contributed by atoms with van der Waals surface area (Å²) in [5, 5.41) is 3.59. The number of fused-ring (bicyclic) bond motifs is 1. The minimum atomic E-state index is -0.665. The van der Waals surface area contributed by atoms with Crippen LogP contribution in [0, 0.1) is 0 Å². The number of rotatable bonds is 4. The second-order valence-corrected chi connectivity index (χ2v) is 6.44. The van der Waals surface area contributed by atoms with E-state index >= 15 is 0 Å². The summed E-state index contributed by atoms with van der Waals surface area (Å²) in [5.74, 6) is 1.39. The van der Waals surface area contributed by atoms with E-state index in [0.29, 0.717) is 17.3 Å². The van der Waals surface area contributed by atoms with Crippen LogP contribution in [-0.4, -0.2) is 12.7 Å². The van der Waals surface area contributed by atoms with Crippen LogP contribution in [0.25, 0.3) is 0 Å². The third-order valence-electron chi connectivity index (χ3n) is 4.00. The van der Waals surface area contributed by atoms with Gasteiger partial charge in [-0.1, -0.05) is 29.8 Å². The number of carbonyl (C=O) groups is 1. The van der Waals surface area contributed by atoms with Crippen molar-refractivity contribution in [1.82, 2.24) is 5.32 Å². The second kappa shape index (κ2) is 6.13. The van der Waals surface area contributed by atoms with Gasteiger partial charge < -0.3 is 14.8 Å². The fraction of sp³-hybridized carbons (Fsp3) is 0.278. The quantitative estimate of drug-likeness (QED) is 0.930. The van der Waals surface area contributed by atoms with Crippen LogP contribution >= 0.6 is 11.6 Å². The molecule has 0 aliphatic carbocycles. The van der Waals surface area contributed by atoms with Gasteiger partial charge >= 0.3 is 0 Å². The Labute approximate surface area is 140 Å². The van der Waals surface area contributed by atoms with Crippen molar-refractivity contribution < 1.29 is 14.3 Å². The highest BCUT2D eigenvalue weighted by Crippen LogP contribution is 2.32. The number of carbonyl (C=O) groups excluding carboxylic acids is 1. The van der Waals surface area contributed by atoms with Gasteiger partial charge in [-0.2, -0.15) is 0 Å². The molecule has 1 heterocycles. The molecule has 23 heavy (non-hydrogen) atoms. The summed E-state index contributed by atoms with van der Waals surface area (Å²) >= 11 is 6.03. The van der Waals surface area contributed by atoms with E-state index in [1.165, 1.54) is 0 Å². The number of hydrogen-bond acceptors (Lipinski definition) is 3. The van der Waals surface area contributed by atoms with E-state index in [-0.39, 0.29) is 12.7 Å². The van der Waals surface area contributed by atoms with Crippen molar-refractivity contribution in [3.8, 4) is 11.5 Å². The molecule has 0 bridgehead atoms. The van der Waals surface area contributed by atoms with Crippen LogP contribution < -0.4 is 14.8 Å². The Bertz CT molecular complexity index is 743. The van der Waals surface area contributed by atoms with Gasteiger partial charge in [0.25, 0.3) is 0 Å². The van der Waals surface area contributed by atoms with Gasteiger partial charge in [0.2, 0.25) is 12.7 Å². The fourth-order valence-corrected chi connectivity index (χ4v) is 2.65. The summed E-state index contributed by atoms with van der Waals surface area (Å²) in [6.07, 6.45) is 0. The maximum absolute atomic E-state index is 12.6. The van der Waals surface area contributed by atoms with Gasteiger partial charge in [0.1, 0.15) is 0 Å². The first-order valence-corrected chi connectivity index (χ1v) is 7.77. The molecule has 4 nitrogen and oxygen atoms in total. The molecule has 0 unspecified atom stereocenters. The topological polar surface area (TPSA) is 47.6 Å². The van der Waals surface area contributed by atoms with Crippen molar-refractivity contribution in [1.29, 1.82) is 0 Å². The van der Waals surface area contributed by atoms with Gasteiger partial charge in [-0.25, -0.2) is 0 Å². The van der Waals surface area contributed by atoms with Crippen LogP contribution in [0.1, 0.15) is 25.0 Å². The van der Waals surface area contributed by atoms with E-state index in [0.717, 1.165) is 16.9 Å². The molecule has 3 rings (SSSR count). The van der Waals surface area contributed by atoms with E-state index in [2.05, 4.69) is 5.32 Å². The number of benzene rings is 2. The molecule has 1 aliphatic heterocycles. The minimum absolute atomic E-state index is 0.0579. The maximum Gasteiger partial charge on any atom is 0.231 e. The van der Waals surface area contributed by atoms with Crippen molar-refractivity contribution in [2.75, 3.05) is 6.79 Å². The summed E-state index contributed by atoms with van der Waals surface area (Å²) in [5.41, 5.74) is 1.18. The number of amides is 1. The van der Waals surface area contributed by atoms with E-state index in [4.69, 9.17) is 21.1 Å². The molecule has 0 spiro atoms. The molecule has 1 aliphatic rings. The molecule has 1 N–H and O–H groups in total. The molecular formula is C18H18ClNO3. The SMILES string of the molecule is CC(C)(C(=O)NCc1ccc2c(c1)OCO2)c1cccc(Cl)c1. The van der Waals surface area contributed by atoms with Crippen LogP contribution in [0.5, 0.6) is 11.5 Å². The molecule has 0 saturated carbocycles. The second-order valence-electron chi connectivity index (χ2n) is 6.01. The predicted molar refractivity (Wildman–Crippen MR) is 88.9 cm³/mol. The van der Waals surface area contributed by atoms with Gasteiger partial charge in [-0.3, -0.25) is 4.79 Å². The Balaban J connectivity index is 1.69. The zero-order valence-electron chi connectivity index (χ0n) is 13.1. The smallest absolute Gasteiger partial charge is 0.231 e. The summed E-state index contributed by atoms with van der Waals surface area (Å²) in [6.45, 7) is 4.44. The Hall–Kier alpha value is -2.20. The van der Waals surface area contributed by atoms with Gasteiger partial charge in [-0.05, 0) is 49.2 Å². The fourth-order valence-electron chi connectivity index (χ4n) is 2.46. The Kier molecular flexibility index (Phi) is 4.18. The lowest BCUT2D eigenvalue weighted by molar-refractivity contribution is -0.125. The standard InChI is InChI=1S/C18H18ClNO3/c1-18(2,13-4-3-5-14(19)9-13)17(21)20-10-12-6-7-15-16(8-12)23-11-22-15/h3-9H,10-11H2,1-2H3,(H,20,21).